The molecule has 0 bridgehead atoms. The Hall–Kier alpha value is -2.14. The molecule has 0 saturated heterocycles. The molecule has 2 N–H and O–H groups in total. The number of pyridine rings is 1. The Morgan fingerprint density at radius 1 is 1.24 bits per heavy atom. The third-order valence-electron chi connectivity index (χ3n) is 4.34. The fourth-order valence-electron chi connectivity index (χ4n) is 2.77. The third kappa shape index (κ3) is 5.71. The normalized spacial score (nSPS) is 11.4. The van der Waals surface area contributed by atoms with Gasteiger partial charge in [0.15, 0.2) is 0 Å². The van der Waals surface area contributed by atoms with Crippen molar-refractivity contribution in [1.29, 1.82) is 0 Å². The highest BCUT2D eigenvalue weighted by atomic mass is 16.1. The van der Waals surface area contributed by atoms with Gasteiger partial charge in [-0.1, -0.05) is 19.9 Å². The number of fused-ring (bicyclic) bond motifs is 1. The number of rotatable bonds is 8. The second-order valence-electron chi connectivity index (χ2n) is 7.13. The van der Waals surface area contributed by atoms with Crippen LogP contribution in [0.2, 0.25) is 0 Å². The molecule has 0 atom stereocenters. The molecule has 1 aromatic carbocycles. The highest BCUT2D eigenvalue weighted by Gasteiger charge is 2.08. The van der Waals surface area contributed by atoms with Gasteiger partial charge in [-0.25, -0.2) is 0 Å². The number of aromatic amines is 1. The molecular formula is C20H29N3O2. The van der Waals surface area contributed by atoms with Crippen LogP contribution in [0.3, 0.4) is 0 Å². The molecule has 0 aliphatic heterocycles. The third-order valence-corrected chi connectivity index (χ3v) is 4.34. The average molecular weight is 343 g/mol. The molecule has 0 spiro atoms. The van der Waals surface area contributed by atoms with Crippen LogP contribution in [0.4, 0.5) is 0 Å². The average Bonchev–Trinajstić information content (AvgIpc) is 2.56. The number of aryl methyl sites for hydroxylation is 1. The van der Waals surface area contributed by atoms with Crippen molar-refractivity contribution in [2.24, 2.45) is 0 Å². The molecular weight excluding hydrogens is 314 g/mol. The number of hydrogen-bond acceptors (Lipinski definition) is 3. The summed E-state index contributed by atoms with van der Waals surface area (Å²) in [5.41, 5.74) is 2.64. The summed E-state index contributed by atoms with van der Waals surface area (Å²) < 4.78 is 0. The van der Waals surface area contributed by atoms with Gasteiger partial charge in [0.25, 0.3) is 5.56 Å². The maximum Gasteiger partial charge on any atom is 0.251 e. The Labute approximate surface area is 149 Å². The molecule has 136 valence electrons. The SMILES string of the molecule is CC(C)c1ccc2[nH]c(=O)c(CCC(=O)NCCCN(C)C)cc2c1. The molecule has 0 aliphatic rings. The monoisotopic (exact) mass is 343 g/mol. The zero-order valence-electron chi connectivity index (χ0n) is 15.7. The maximum absolute atomic E-state index is 12.2. The molecule has 5 nitrogen and oxygen atoms in total. The van der Waals surface area contributed by atoms with Gasteiger partial charge in [0.2, 0.25) is 5.91 Å². The van der Waals surface area contributed by atoms with Crippen molar-refractivity contribution < 1.29 is 4.79 Å². The molecule has 2 aromatic rings. The van der Waals surface area contributed by atoms with Gasteiger partial charge in [0.05, 0.1) is 0 Å². The molecule has 5 heteroatoms. The minimum atomic E-state index is -0.106. The van der Waals surface area contributed by atoms with Gasteiger partial charge in [-0.05, 0) is 68.5 Å². The van der Waals surface area contributed by atoms with Crippen molar-refractivity contribution in [3.63, 3.8) is 0 Å². The summed E-state index contributed by atoms with van der Waals surface area (Å²) in [6.45, 7) is 5.91. The van der Waals surface area contributed by atoms with Crippen molar-refractivity contribution in [3.05, 3.63) is 45.7 Å². The van der Waals surface area contributed by atoms with Crippen LogP contribution in [0.1, 0.15) is 43.7 Å². The zero-order valence-corrected chi connectivity index (χ0v) is 15.7. The van der Waals surface area contributed by atoms with E-state index in [1.54, 1.807) is 0 Å². The van der Waals surface area contributed by atoms with Gasteiger partial charge >= 0.3 is 0 Å². The van der Waals surface area contributed by atoms with Gasteiger partial charge in [-0.2, -0.15) is 0 Å². The summed E-state index contributed by atoms with van der Waals surface area (Å²) in [6, 6.07) is 8.03. The molecule has 0 fully saturated rings. The zero-order chi connectivity index (χ0) is 18.4. The van der Waals surface area contributed by atoms with E-state index in [1.165, 1.54) is 5.56 Å². The molecule has 0 radical (unpaired) electrons. The predicted octanol–water partition coefficient (Wildman–Crippen LogP) is 2.65. The Morgan fingerprint density at radius 2 is 2.00 bits per heavy atom. The van der Waals surface area contributed by atoms with Crippen LogP contribution in [0, 0.1) is 0 Å². The van der Waals surface area contributed by atoms with E-state index in [-0.39, 0.29) is 11.5 Å². The van der Waals surface area contributed by atoms with Crippen molar-refractivity contribution in [2.75, 3.05) is 27.2 Å². The highest BCUT2D eigenvalue weighted by molar-refractivity contribution is 5.80. The Kier molecular flexibility index (Phi) is 6.76. The second-order valence-corrected chi connectivity index (χ2v) is 7.13. The smallest absolute Gasteiger partial charge is 0.251 e. The van der Waals surface area contributed by atoms with Crippen LogP contribution in [0.5, 0.6) is 0 Å². The van der Waals surface area contributed by atoms with E-state index in [2.05, 4.69) is 35.1 Å². The molecule has 25 heavy (non-hydrogen) atoms. The number of nitrogens with zero attached hydrogens (tertiary/aromatic N) is 1. The summed E-state index contributed by atoms with van der Waals surface area (Å²) >= 11 is 0. The Balaban J connectivity index is 1.99. The number of benzene rings is 1. The predicted molar refractivity (Wildman–Crippen MR) is 103 cm³/mol. The number of nitrogens with one attached hydrogen (secondary N) is 2. The highest BCUT2D eigenvalue weighted by Crippen LogP contribution is 2.20. The topological polar surface area (TPSA) is 65.2 Å². The van der Waals surface area contributed by atoms with Crippen molar-refractivity contribution in [1.82, 2.24) is 15.2 Å². The van der Waals surface area contributed by atoms with E-state index in [4.69, 9.17) is 0 Å². The summed E-state index contributed by atoms with van der Waals surface area (Å²) in [6.07, 6.45) is 1.71. The van der Waals surface area contributed by atoms with Crippen LogP contribution in [-0.4, -0.2) is 43.0 Å². The lowest BCUT2D eigenvalue weighted by molar-refractivity contribution is -0.121. The van der Waals surface area contributed by atoms with Gasteiger partial charge in [0.1, 0.15) is 0 Å². The van der Waals surface area contributed by atoms with Crippen molar-refractivity contribution in [2.45, 2.75) is 39.0 Å². The van der Waals surface area contributed by atoms with Crippen molar-refractivity contribution >= 4 is 16.8 Å². The maximum atomic E-state index is 12.2. The fraction of sp³-hybridized carbons (Fsp3) is 0.500. The molecule has 0 aliphatic carbocycles. The van der Waals surface area contributed by atoms with E-state index >= 15 is 0 Å². The summed E-state index contributed by atoms with van der Waals surface area (Å²) in [4.78, 5) is 29.2. The first kappa shape index (κ1) is 19.2. The van der Waals surface area contributed by atoms with E-state index < -0.39 is 0 Å². The molecule has 0 unspecified atom stereocenters. The van der Waals surface area contributed by atoms with Crippen LogP contribution >= 0.6 is 0 Å². The Morgan fingerprint density at radius 3 is 2.68 bits per heavy atom. The number of amides is 1. The number of aromatic nitrogens is 1. The van der Waals surface area contributed by atoms with Crippen molar-refractivity contribution in [3.8, 4) is 0 Å². The van der Waals surface area contributed by atoms with Gasteiger partial charge < -0.3 is 15.2 Å². The molecule has 1 aromatic heterocycles. The van der Waals surface area contributed by atoms with E-state index in [0.29, 0.717) is 30.9 Å². The second kappa shape index (κ2) is 8.81. The van der Waals surface area contributed by atoms with Gasteiger partial charge in [0, 0.05) is 24.0 Å². The largest absolute Gasteiger partial charge is 0.356 e. The first-order chi connectivity index (χ1) is 11.9. The van der Waals surface area contributed by atoms with Gasteiger partial charge in [-0.3, -0.25) is 9.59 Å². The first-order valence-electron chi connectivity index (χ1n) is 8.94. The lowest BCUT2D eigenvalue weighted by atomic mass is 10.00. The first-order valence-corrected chi connectivity index (χ1v) is 8.94. The minimum absolute atomic E-state index is 0.00539. The minimum Gasteiger partial charge on any atom is -0.356 e. The fourth-order valence-corrected chi connectivity index (χ4v) is 2.77. The number of hydrogen-bond donors (Lipinski definition) is 2. The van der Waals surface area contributed by atoms with Crippen LogP contribution < -0.4 is 10.9 Å². The summed E-state index contributed by atoms with van der Waals surface area (Å²) in [7, 11) is 4.02. The summed E-state index contributed by atoms with van der Waals surface area (Å²) in [5, 5.41) is 3.93. The molecule has 1 heterocycles. The lowest BCUT2D eigenvalue weighted by Gasteiger charge is -2.10. The van der Waals surface area contributed by atoms with Crippen LogP contribution in [0.15, 0.2) is 29.1 Å². The lowest BCUT2D eigenvalue weighted by Crippen LogP contribution is -2.27. The quantitative estimate of drug-likeness (QED) is 0.724. The van der Waals surface area contributed by atoms with Crippen LogP contribution in [-0.2, 0) is 11.2 Å². The van der Waals surface area contributed by atoms with Crippen LogP contribution in [0.25, 0.3) is 10.9 Å². The standard InChI is InChI=1S/C20H29N3O2/c1-14(2)15-6-8-18-17(12-15)13-16(20(25)22-18)7-9-19(24)21-10-5-11-23(3)4/h6,8,12-14H,5,7,9-11H2,1-4H3,(H,21,24)(H,22,25). The van der Waals surface area contributed by atoms with E-state index in [9.17, 15) is 9.59 Å². The number of carbonyl (C=O) groups is 1. The van der Waals surface area contributed by atoms with Gasteiger partial charge in [-0.15, -0.1) is 0 Å². The van der Waals surface area contributed by atoms with E-state index in [1.807, 2.05) is 32.3 Å². The number of carbonyl (C=O) groups excluding carboxylic acids is 1. The molecule has 1 amide bonds. The Bertz CT molecular complexity index is 778. The molecule has 0 saturated carbocycles. The number of H-pyrrole nitrogens is 1. The summed E-state index contributed by atoms with van der Waals surface area (Å²) in [5.74, 6) is 0.432. The molecule has 2 rings (SSSR count). The van der Waals surface area contributed by atoms with E-state index in [0.717, 1.165) is 23.9 Å².